The van der Waals surface area contributed by atoms with E-state index in [1.165, 1.54) is 25.1 Å². The van der Waals surface area contributed by atoms with Gasteiger partial charge in [0.15, 0.2) is 0 Å². The van der Waals surface area contributed by atoms with Crippen LogP contribution in [0.2, 0.25) is 0 Å². The predicted octanol–water partition coefficient (Wildman–Crippen LogP) is 3.63. The molecule has 21 heavy (non-hydrogen) atoms. The van der Waals surface area contributed by atoms with Gasteiger partial charge in [0.25, 0.3) is 0 Å². The van der Waals surface area contributed by atoms with Gasteiger partial charge in [0.05, 0.1) is 10.5 Å². The van der Waals surface area contributed by atoms with Crippen molar-refractivity contribution in [3.63, 3.8) is 0 Å². The number of hydrogen-bond acceptors (Lipinski definition) is 5. The topological polar surface area (TPSA) is 91.8 Å². The molecule has 1 fully saturated rings. The number of nitrogens with zero attached hydrogens (tertiary/aromatic N) is 3. The quantitative estimate of drug-likeness (QED) is 0.659. The van der Waals surface area contributed by atoms with Crippen LogP contribution in [0.5, 0.6) is 0 Å². The van der Waals surface area contributed by atoms with Gasteiger partial charge >= 0.3 is 5.69 Å². The minimum absolute atomic E-state index is 0.121. The molecule has 1 N–H and O–H groups in total. The van der Waals surface area contributed by atoms with Gasteiger partial charge in [-0.2, -0.15) is 5.26 Å². The Hall–Kier alpha value is -2.16. The number of aromatic nitrogens is 1. The Labute approximate surface area is 124 Å². The highest BCUT2D eigenvalue weighted by Crippen LogP contribution is 2.31. The molecule has 0 atom stereocenters. The summed E-state index contributed by atoms with van der Waals surface area (Å²) >= 11 is 0. The van der Waals surface area contributed by atoms with E-state index in [9.17, 15) is 10.1 Å². The molecule has 112 valence electrons. The first-order valence-corrected chi connectivity index (χ1v) is 7.45. The van der Waals surface area contributed by atoms with Crippen molar-refractivity contribution in [2.75, 3.05) is 5.32 Å². The lowest BCUT2D eigenvalue weighted by Crippen LogP contribution is -2.26. The fraction of sp³-hybridized carbons (Fsp3) is 0.600. The highest BCUT2D eigenvalue weighted by Gasteiger charge is 2.24. The second-order valence-corrected chi connectivity index (χ2v) is 5.61. The van der Waals surface area contributed by atoms with Crippen molar-refractivity contribution < 1.29 is 4.92 Å². The third-order valence-corrected chi connectivity index (χ3v) is 4.08. The number of nitro groups is 1. The van der Waals surface area contributed by atoms with E-state index in [1.54, 1.807) is 0 Å². The lowest BCUT2D eigenvalue weighted by atomic mass is 9.83. The molecule has 0 saturated heterocycles. The van der Waals surface area contributed by atoms with E-state index >= 15 is 0 Å². The van der Waals surface area contributed by atoms with Crippen molar-refractivity contribution in [1.82, 2.24) is 4.98 Å². The summed E-state index contributed by atoms with van der Waals surface area (Å²) in [4.78, 5) is 14.6. The number of nitrogens with one attached hydrogen (secondary N) is 1. The molecule has 0 unspecified atom stereocenters. The molecule has 1 heterocycles. The smallest absolute Gasteiger partial charge is 0.312 e. The molecular formula is C15H20N4O2. The molecule has 2 rings (SSSR count). The van der Waals surface area contributed by atoms with Crippen molar-refractivity contribution in [1.29, 1.82) is 5.26 Å². The van der Waals surface area contributed by atoms with Crippen LogP contribution in [0.1, 0.15) is 51.0 Å². The molecule has 0 aliphatic heterocycles. The SMILES string of the molecule is CCCC1CCC(Nc2ncc(C#N)cc2[N+](=O)[O-])CC1. The maximum absolute atomic E-state index is 11.1. The standard InChI is InChI=1S/C15H20N4O2/c1-2-3-11-4-6-13(7-5-11)18-15-14(19(20)21)8-12(9-16)10-17-15/h8,10-11,13H,2-7H2,1H3,(H,17,18). The molecule has 0 amide bonds. The Kier molecular flexibility index (Phi) is 5.09. The largest absolute Gasteiger partial charge is 0.362 e. The van der Waals surface area contributed by atoms with Crippen molar-refractivity contribution in [2.24, 2.45) is 5.92 Å². The van der Waals surface area contributed by atoms with Crippen molar-refractivity contribution >= 4 is 11.5 Å². The van der Waals surface area contributed by atoms with Crippen LogP contribution in [-0.2, 0) is 0 Å². The van der Waals surface area contributed by atoms with E-state index in [1.807, 2.05) is 6.07 Å². The Morgan fingerprint density at radius 3 is 2.76 bits per heavy atom. The Morgan fingerprint density at radius 1 is 1.48 bits per heavy atom. The fourth-order valence-electron chi connectivity index (χ4n) is 2.96. The van der Waals surface area contributed by atoms with Gasteiger partial charge in [0.2, 0.25) is 5.82 Å². The molecular weight excluding hydrogens is 268 g/mol. The molecule has 1 aromatic rings. The van der Waals surface area contributed by atoms with Gasteiger partial charge in [0.1, 0.15) is 6.07 Å². The summed E-state index contributed by atoms with van der Waals surface area (Å²) in [6.07, 6.45) is 8.21. The predicted molar refractivity (Wildman–Crippen MR) is 79.9 cm³/mol. The zero-order valence-electron chi connectivity index (χ0n) is 12.2. The summed E-state index contributed by atoms with van der Waals surface area (Å²) in [5.41, 5.74) is 0.0867. The van der Waals surface area contributed by atoms with Crippen LogP contribution in [0.4, 0.5) is 11.5 Å². The molecule has 1 aliphatic carbocycles. The first-order valence-electron chi connectivity index (χ1n) is 7.45. The van der Waals surface area contributed by atoms with Gasteiger partial charge in [-0.05, 0) is 31.6 Å². The summed E-state index contributed by atoms with van der Waals surface area (Å²) in [7, 11) is 0. The van der Waals surface area contributed by atoms with Crippen LogP contribution < -0.4 is 5.32 Å². The highest BCUT2D eigenvalue weighted by molar-refractivity contribution is 5.58. The summed E-state index contributed by atoms with van der Waals surface area (Å²) in [5, 5.41) is 23.1. The van der Waals surface area contributed by atoms with E-state index in [0.29, 0.717) is 0 Å². The molecule has 0 radical (unpaired) electrons. The van der Waals surface area contributed by atoms with Crippen molar-refractivity contribution in [3.8, 4) is 6.07 Å². The van der Waals surface area contributed by atoms with E-state index in [2.05, 4.69) is 17.2 Å². The summed E-state index contributed by atoms with van der Waals surface area (Å²) in [6, 6.07) is 3.39. The fourth-order valence-corrected chi connectivity index (χ4v) is 2.96. The zero-order valence-corrected chi connectivity index (χ0v) is 12.2. The average Bonchev–Trinajstić information content (AvgIpc) is 2.49. The minimum atomic E-state index is -0.487. The average molecular weight is 288 g/mol. The summed E-state index contributed by atoms with van der Waals surface area (Å²) in [5.74, 6) is 1.06. The van der Waals surface area contributed by atoms with E-state index in [-0.39, 0.29) is 23.1 Å². The van der Waals surface area contributed by atoms with Crippen LogP contribution in [0.25, 0.3) is 0 Å². The number of hydrogen-bond donors (Lipinski definition) is 1. The number of pyridine rings is 1. The van der Waals surface area contributed by atoms with E-state index in [0.717, 1.165) is 31.6 Å². The number of nitriles is 1. The minimum Gasteiger partial charge on any atom is -0.362 e. The highest BCUT2D eigenvalue weighted by atomic mass is 16.6. The number of rotatable bonds is 5. The molecule has 0 bridgehead atoms. The normalized spacial score (nSPS) is 21.5. The Bertz CT molecular complexity index is 545. The van der Waals surface area contributed by atoms with Gasteiger partial charge in [0, 0.05) is 18.3 Å². The molecule has 6 nitrogen and oxygen atoms in total. The first kappa shape index (κ1) is 15.2. The van der Waals surface area contributed by atoms with Crippen LogP contribution in [0, 0.1) is 27.4 Å². The maximum Gasteiger partial charge on any atom is 0.312 e. The Balaban J connectivity index is 2.04. The lowest BCUT2D eigenvalue weighted by Gasteiger charge is -2.29. The van der Waals surface area contributed by atoms with Crippen LogP contribution >= 0.6 is 0 Å². The molecule has 1 saturated carbocycles. The monoisotopic (exact) mass is 288 g/mol. The summed E-state index contributed by atoms with van der Waals surface area (Å²) in [6.45, 7) is 2.20. The van der Waals surface area contributed by atoms with Crippen LogP contribution in [0.3, 0.4) is 0 Å². The molecule has 1 aromatic heterocycles. The van der Waals surface area contributed by atoms with Gasteiger partial charge in [-0.1, -0.05) is 19.8 Å². The van der Waals surface area contributed by atoms with E-state index < -0.39 is 4.92 Å². The van der Waals surface area contributed by atoms with Gasteiger partial charge in [-0.3, -0.25) is 10.1 Å². The Morgan fingerprint density at radius 2 is 2.19 bits per heavy atom. The molecule has 1 aliphatic rings. The molecule has 6 heteroatoms. The third kappa shape index (κ3) is 3.91. The van der Waals surface area contributed by atoms with Crippen LogP contribution in [-0.4, -0.2) is 15.9 Å². The lowest BCUT2D eigenvalue weighted by molar-refractivity contribution is -0.384. The molecule has 0 spiro atoms. The van der Waals surface area contributed by atoms with Gasteiger partial charge in [-0.15, -0.1) is 0 Å². The van der Waals surface area contributed by atoms with Gasteiger partial charge < -0.3 is 5.32 Å². The zero-order chi connectivity index (χ0) is 15.2. The van der Waals surface area contributed by atoms with Crippen LogP contribution in [0.15, 0.2) is 12.3 Å². The maximum atomic E-state index is 11.1. The van der Waals surface area contributed by atoms with Crippen molar-refractivity contribution in [3.05, 3.63) is 27.9 Å². The second kappa shape index (κ2) is 7.02. The van der Waals surface area contributed by atoms with Crippen molar-refractivity contribution in [2.45, 2.75) is 51.5 Å². The number of anilines is 1. The first-order chi connectivity index (χ1) is 10.1. The third-order valence-electron chi connectivity index (χ3n) is 4.08. The second-order valence-electron chi connectivity index (χ2n) is 5.61. The van der Waals surface area contributed by atoms with Gasteiger partial charge in [-0.25, -0.2) is 4.98 Å². The van der Waals surface area contributed by atoms with E-state index in [4.69, 9.17) is 5.26 Å². The summed E-state index contributed by atoms with van der Waals surface area (Å²) < 4.78 is 0. The molecule has 0 aromatic carbocycles.